The van der Waals surface area contributed by atoms with Crippen LogP contribution in [0.2, 0.25) is 0 Å². The van der Waals surface area contributed by atoms with Gasteiger partial charge in [0.05, 0.1) is 17.9 Å². The number of nitrogens with two attached hydrogens (primary N) is 1. The summed E-state index contributed by atoms with van der Waals surface area (Å²) in [6.07, 6.45) is 3.29. The van der Waals surface area contributed by atoms with E-state index in [9.17, 15) is 4.79 Å². The first kappa shape index (κ1) is 13.8. The molecular formula is C12H15N7OS. The summed E-state index contributed by atoms with van der Waals surface area (Å²) >= 11 is 1.43. The maximum Gasteiger partial charge on any atom is 0.275 e. The van der Waals surface area contributed by atoms with Gasteiger partial charge in [-0.25, -0.2) is 9.67 Å². The van der Waals surface area contributed by atoms with E-state index in [2.05, 4.69) is 20.4 Å². The number of fused-ring (bicyclic) bond motifs is 1. The largest absolute Gasteiger partial charge is 0.330 e. The van der Waals surface area contributed by atoms with Gasteiger partial charge in [0.25, 0.3) is 5.56 Å². The van der Waals surface area contributed by atoms with Crippen molar-refractivity contribution in [2.24, 2.45) is 5.73 Å². The Labute approximate surface area is 124 Å². The van der Waals surface area contributed by atoms with Crippen LogP contribution in [0.5, 0.6) is 0 Å². The van der Waals surface area contributed by atoms with Crippen LogP contribution in [-0.4, -0.2) is 36.1 Å². The molecular weight excluding hydrogens is 290 g/mol. The van der Waals surface area contributed by atoms with Crippen LogP contribution < -0.4 is 11.3 Å². The fourth-order valence-electron chi connectivity index (χ4n) is 1.96. The second kappa shape index (κ2) is 5.70. The SMILES string of the molecule is CCc1nn2c(=O)cc(Cn3cc(CCN)nn3)nc2s1. The predicted molar refractivity (Wildman–Crippen MR) is 78.4 cm³/mol. The van der Waals surface area contributed by atoms with E-state index in [0.29, 0.717) is 30.2 Å². The minimum atomic E-state index is -0.173. The maximum atomic E-state index is 12.0. The minimum Gasteiger partial charge on any atom is -0.330 e. The number of aromatic nitrogens is 6. The highest BCUT2D eigenvalue weighted by Gasteiger charge is 2.09. The number of hydrogen-bond acceptors (Lipinski definition) is 7. The van der Waals surface area contributed by atoms with E-state index in [1.165, 1.54) is 21.9 Å². The number of aryl methyl sites for hydroxylation is 1. The van der Waals surface area contributed by atoms with Gasteiger partial charge in [0, 0.05) is 18.7 Å². The first-order valence-corrected chi connectivity index (χ1v) is 7.49. The zero-order valence-corrected chi connectivity index (χ0v) is 12.4. The Kier molecular flexibility index (Phi) is 3.76. The standard InChI is InChI=1S/C12H15N7OS/c1-2-10-16-19-11(20)5-9(14-12(19)21-10)7-18-6-8(3-4-13)15-17-18/h5-6H,2-4,7,13H2,1H3. The van der Waals surface area contributed by atoms with Crippen LogP contribution in [0.4, 0.5) is 0 Å². The molecule has 3 heterocycles. The molecule has 0 aliphatic carbocycles. The summed E-state index contributed by atoms with van der Waals surface area (Å²) in [6, 6.07) is 1.48. The third kappa shape index (κ3) is 2.83. The Bertz CT molecular complexity index is 818. The van der Waals surface area contributed by atoms with E-state index >= 15 is 0 Å². The third-order valence-corrected chi connectivity index (χ3v) is 4.01. The van der Waals surface area contributed by atoms with Crippen molar-refractivity contribution in [3.63, 3.8) is 0 Å². The Hall–Kier alpha value is -2.13. The quantitative estimate of drug-likeness (QED) is 0.703. The first-order chi connectivity index (χ1) is 10.2. The molecule has 3 aromatic rings. The molecule has 2 N–H and O–H groups in total. The van der Waals surface area contributed by atoms with Crippen molar-refractivity contribution < 1.29 is 0 Å². The molecule has 0 atom stereocenters. The summed E-state index contributed by atoms with van der Waals surface area (Å²) in [6.45, 7) is 2.94. The lowest BCUT2D eigenvalue weighted by Crippen LogP contribution is -2.17. The van der Waals surface area contributed by atoms with Gasteiger partial charge in [0.2, 0.25) is 4.96 Å². The van der Waals surface area contributed by atoms with Crippen molar-refractivity contribution in [2.45, 2.75) is 26.3 Å². The summed E-state index contributed by atoms with van der Waals surface area (Å²) in [7, 11) is 0. The highest BCUT2D eigenvalue weighted by molar-refractivity contribution is 7.16. The highest BCUT2D eigenvalue weighted by Crippen LogP contribution is 2.12. The zero-order chi connectivity index (χ0) is 14.8. The molecule has 8 nitrogen and oxygen atoms in total. The van der Waals surface area contributed by atoms with Gasteiger partial charge in [-0.15, -0.1) is 5.10 Å². The molecule has 0 radical (unpaired) electrons. The van der Waals surface area contributed by atoms with Crippen LogP contribution in [0.1, 0.15) is 23.3 Å². The van der Waals surface area contributed by atoms with Gasteiger partial charge in [-0.2, -0.15) is 9.61 Å². The molecule has 3 rings (SSSR count). The Morgan fingerprint density at radius 3 is 3.00 bits per heavy atom. The Morgan fingerprint density at radius 1 is 1.38 bits per heavy atom. The Morgan fingerprint density at radius 2 is 2.24 bits per heavy atom. The van der Waals surface area contributed by atoms with E-state index in [4.69, 9.17) is 5.73 Å². The van der Waals surface area contributed by atoms with Crippen LogP contribution in [0, 0.1) is 0 Å². The lowest BCUT2D eigenvalue weighted by Gasteiger charge is -1.99. The summed E-state index contributed by atoms with van der Waals surface area (Å²) < 4.78 is 3.00. The number of rotatable bonds is 5. The van der Waals surface area contributed by atoms with Gasteiger partial charge in [-0.1, -0.05) is 23.5 Å². The van der Waals surface area contributed by atoms with E-state index in [1.54, 1.807) is 4.68 Å². The van der Waals surface area contributed by atoms with Crippen molar-refractivity contribution in [3.05, 3.63) is 39.0 Å². The third-order valence-electron chi connectivity index (χ3n) is 2.95. The number of hydrogen-bond donors (Lipinski definition) is 1. The van der Waals surface area contributed by atoms with Crippen LogP contribution in [-0.2, 0) is 19.4 Å². The zero-order valence-electron chi connectivity index (χ0n) is 11.6. The van der Waals surface area contributed by atoms with Crippen LogP contribution in [0.3, 0.4) is 0 Å². The van der Waals surface area contributed by atoms with Gasteiger partial charge in [-0.05, 0) is 13.0 Å². The van der Waals surface area contributed by atoms with Crippen LogP contribution in [0.15, 0.2) is 17.1 Å². The molecule has 0 saturated heterocycles. The summed E-state index contributed by atoms with van der Waals surface area (Å²) in [4.78, 5) is 17.1. The topological polar surface area (TPSA) is 104 Å². The lowest BCUT2D eigenvalue weighted by molar-refractivity contribution is 0.636. The molecule has 0 aromatic carbocycles. The van der Waals surface area contributed by atoms with Gasteiger partial charge in [0.15, 0.2) is 0 Å². The molecule has 0 aliphatic rings. The van der Waals surface area contributed by atoms with Gasteiger partial charge >= 0.3 is 0 Å². The van der Waals surface area contributed by atoms with Crippen molar-refractivity contribution in [3.8, 4) is 0 Å². The molecule has 21 heavy (non-hydrogen) atoms. The van der Waals surface area contributed by atoms with Crippen LogP contribution in [0.25, 0.3) is 4.96 Å². The fraction of sp³-hybridized carbons (Fsp3) is 0.417. The van der Waals surface area contributed by atoms with E-state index < -0.39 is 0 Å². The van der Waals surface area contributed by atoms with Gasteiger partial charge in [0.1, 0.15) is 5.01 Å². The second-order valence-electron chi connectivity index (χ2n) is 4.58. The smallest absolute Gasteiger partial charge is 0.275 e. The molecule has 0 amide bonds. The van der Waals surface area contributed by atoms with Gasteiger partial charge < -0.3 is 5.73 Å². The highest BCUT2D eigenvalue weighted by atomic mass is 32.1. The van der Waals surface area contributed by atoms with E-state index in [0.717, 1.165) is 17.1 Å². The predicted octanol–water partition coefficient (Wildman–Crippen LogP) is -0.146. The lowest BCUT2D eigenvalue weighted by atomic mass is 10.3. The van der Waals surface area contributed by atoms with Crippen molar-refractivity contribution in [1.82, 2.24) is 29.6 Å². The molecule has 0 unspecified atom stereocenters. The monoisotopic (exact) mass is 305 g/mol. The molecule has 0 aliphatic heterocycles. The average molecular weight is 305 g/mol. The molecule has 0 bridgehead atoms. The Balaban J connectivity index is 1.91. The normalized spacial score (nSPS) is 11.3. The molecule has 110 valence electrons. The number of nitrogens with zero attached hydrogens (tertiary/aromatic N) is 6. The van der Waals surface area contributed by atoms with Crippen molar-refractivity contribution in [1.29, 1.82) is 0 Å². The summed E-state index contributed by atoms with van der Waals surface area (Å²) in [5.74, 6) is 0. The van der Waals surface area contributed by atoms with Crippen LogP contribution >= 0.6 is 11.3 Å². The van der Waals surface area contributed by atoms with E-state index in [1.807, 2.05) is 13.1 Å². The minimum absolute atomic E-state index is 0.173. The van der Waals surface area contributed by atoms with Crippen molar-refractivity contribution >= 4 is 16.3 Å². The summed E-state index contributed by atoms with van der Waals surface area (Å²) in [5, 5.41) is 13.1. The fourth-order valence-corrected chi connectivity index (χ4v) is 2.82. The molecule has 0 spiro atoms. The van der Waals surface area contributed by atoms with Gasteiger partial charge in [-0.3, -0.25) is 4.79 Å². The molecule has 3 aromatic heterocycles. The van der Waals surface area contributed by atoms with Crippen molar-refractivity contribution in [2.75, 3.05) is 6.54 Å². The second-order valence-corrected chi connectivity index (χ2v) is 5.62. The molecule has 0 saturated carbocycles. The molecule has 9 heteroatoms. The first-order valence-electron chi connectivity index (χ1n) is 6.67. The van der Waals surface area contributed by atoms with E-state index in [-0.39, 0.29) is 5.56 Å². The summed E-state index contributed by atoms with van der Waals surface area (Å²) in [5.41, 5.74) is 6.79. The maximum absolute atomic E-state index is 12.0. The average Bonchev–Trinajstić information content (AvgIpc) is 3.06. The molecule has 0 fully saturated rings.